The molecular formula is C17H21N3OS. The summed E-state index contributed by atoms with van der Waals surface area (Å²) in [4.78, 5) is 16.2. The van der Waals surface area contributed by atoms with Crippen LogP contribution in [0.1, 0.15) is 40.2 Å². The molecule has 0 unspecified atom stereocenters. The number of aryl methyl sites for hydroxylation is 2. The van der Waals surface area contributed by atoms with Gasteiger partial charge in [-0.15, -0.1) is 11.8 Å². The van der Waals surface area contributed by atoms with Gasteiger partial charge in [-0.3, -0.25) is 9.89 Å². The second kappa shape index (κ2) is 6.16. The fraction of sp³-hybridized carbons (Fsp3) is 0.412. The molecule has 4 nitrogen and oxygen atoms in total. The Balaban J connectivity index is 1.82. The average Bonchev–Trinajstić information content (AvgIpc) is 3.30. The molecule has 1 saturated carbocycles. The van der Waals surface area contributed by atoms with E-state index in [0.717, 1.165) is 29.8 Å². The Morgan fingerprint density at radius 1 is 1.32 bits per heavy atom. The number of benzene rings is 1. The third kappa shape index (κ3) is 3.04. The van der Waals surface area contributed by atoms with Crippen molar-refractivity contribution < 1.29 is 4.79 Å². The summed E-state index contributed by atoms with van der Waals surface area (Å²) in [6, 6.07) is 8.84. The molecule has 1 aromatic carbocycles. The minimum Gasteiger partial charge on any atom is -0.331 e. The highest BCUT2D eigenvalue weighted by atomic mass is 32.2. The summed E-state index contributed by atoms with van der Waals surface area (Å²) in [7, 11) is 0. The zero-order valence-corrected chi connectivity index (χ0v) is 14.0. The van der Waals surface area contributed by atoms with Crippen molar-refractivity contribution in [2.75, 3.05) is 6.26 Å². The third-order valence-corrected chi connectivity index (χ3v) is 4.85. The Bertz CT molecular complexity index is 654. The van der Waals surface area contributed by atoms with Gasteiger partial charge < -0.3 is 4.90 Å². The lowest BCUT2D eigenvalue weighted by Gasteiger charge is -2.23. The van der Waals surface area contributed by atoms with Crippen LogP contribution in [0.15, 0.2) is 29.2 Å². The number of thioether (sulfide) groups is 1. The van der Waals surface area contributed by atoms with Gasteiger partial charge in [0, 0.05) is 23.2 Å². The van der Waals surface area contributed by atoms with E-state index in [1.807, 2.05) is 18.7 Å². The minimum atomic E-state index is 0.0974. The highest BCUT2D eigenvalue weighted by Gasteiger charge is 2.34. The highest BCUT2D eigenvalue weighted by Crippen LogP contribution is 2.31. The standard InChI is InChI=1S/C17H21N3OS/c1-11-16(12(2)19-18-11)17(21)20(14-6-7-14)10-13-4-8-15(22-3)9-5-13/h4-5,8-9,14H,6-7,10H2,1-3H3,(H,18,19). The van der Waals surface area contributed by atoms with Crippen molar-refractivity contribution in [1.82, 2.24) is 15.1 Å². The smallest absolute Gasteiger partial charge is 0.258 e. The molecule has 1 N–H and O–H groups in total. The van der Waals surface area contributed by atoms with E-state index in [9.17, 15) is 4.79 Å². The zero-order chi connectivity index (χ0) is 15.7. The molecule has 0 aliphatic heterocycles. The summed E-state index contributed by atoms with van der Waals surface area (Å²) in [5.41, 5.74) is 3.54. The number of hydrogen-bond donors (Lipinski definition) is 1. The molecule has 2 aromatic rings. The van der Waals surface area contributed by atoms with E-state index in [1.165, 1.54) is 10.5 Å². The van der Waals surface area contributed by atoms with Crippen LogP contribution in [0.5, 0.6) is 0 Å². The van der Waals surface area contributed by atoms with E-state index in [1.54, 1.807) is 11.8 Å². The highest BCUT2D eigenvalue weighted by molar-refractivity contribution is 7.98. The van der Waals surface area contributed by atoms with Gasteiger partial charge >= 0.3 is 0 Å². The van der Waals surface area contributed by atoms with Crippen LogP contribution in [0.3, 0.4) is 0 Å². The molecule has 22 heavy (non-hydrogen) atoms. The molecule has 1 amide bonds. The number of carbonyl (C=O) groups excluding carboxylic acids is 1. The molecule has 1 aliphatic carbocycles. The zero-order valence-electron chi connectivity index (χ0n) is 13.2. The van der Waals surface area contributed by atoms with Crippen LogP contribution >= 0.6 is 11.8 Å². The Labute approximate surface area is 135 Å². The van der Waals surface area contributed by atoms with Crippen molar-refractivity contribution in [1.29, 1.82) is 0 Å². The molecule has 1 heterocycles. The van der Waals surface area contributed by atoms with E-state index in [2.05, 4.69) is 40.7 Å². The lowest BCUT2D eigenvalue weighted by molar-refractivity contribution is 0.0728. The van der Waals surface area contributed by atoms with Crippen LogP contribution in [0.2, 0.25) is 0 Å². The third-order valence-electron chi connectivity index (χ3n) is 4.10. The number of rotatable bonds is 5. The maximum absolute atomic E-state index is 12.9. The van der Waals surface area contributed by atoms with Crippen LogP contribution in [0.4, 0.5) is 0 Å². The summed E-state index contributed by atoms with van der Waals surface area (Å²) >= 11 is 1.73. The predicted molar refractivity (Wildman–Crippen MR) is 89.2 cm³/mol. The molecule has 1 aromatic heterocycles. The van der Waals surface area contributed by atoms with Gasteiger partial charge in [-0.1, -0.05) is 12.1 Å². The second-order valence-electron chi connectivity index (χ2n) is 5.82. The van der Waals surface area contributed by atoms with Crippen molar-refractivity contribution in [2.45, 2.75) is 44.2 Å². The lowest BCUT2D eigenvalue weighted by Crippen LogP contribution is -2.33. The number of amides is 1. The van der Waals surface area contributed by atoms with Gasteiger partial charge in [0.15, 0.2) is 0 Å². The molecule has 1 fully saturated rings. The molecular weight excluding hydrogens is 294 g/mol. The molecule has 0 saturated heterocycles. The van der Waals surface area contributed by atoms with Crippen LogP contribution in [0.25, 0.3) is 0 Å². The number of carbonyl (C=O) groups is 1. The number of aromatic amines is 1. The normalized spacial score (nSPS) is 14.1. The first-order valence-corrected chi connectivity index (χ1v) is 8.78. The summed E-state index contributed by atoms with van der Waals surface area (Å²) in [6.07, 6.45) is 4.27. The number of H-pyrrole nitrogens is 1. The summed E-state index contributed by atoms with van der Waals surface area (Å²) < 4.78 is 0. The van der Waals surface area contributed by atoms with Crippen LogP contribution in [-0.2, 0) is 6.54 Å². The van der Waals surface area contributed by atoms with Gasteiger partial charge in [0.25, 0.3) is 5.91 Å². The van der Waals surface area contributed by atoms with Crippen molar-refractivity contribution in [3.8, 4) is 0 Å². The van der Waals surface area contributed by atoms with Crippen molar-refractivity contribution in [3.63, 3.8) is 0 Å². The number of hydrogen-bond acceptors (Lipinski definition) is 3. The SMILES string of the molecule is CSc1ccc(CN(C(=O)c2c(C)n[nH]c2C)C2CC2)cc1. The largest absolute Gasteiger partial charge is 0.331 e. The van der Waals surface area contributed by atoms with Gasteiger partial charge in [-0.05, 0) is 50.6 Å². The van der Waals surface area contributed by atoms with Crippen molar-refractivity contribution in [3.05, 3.63) is 46.8 Å². The van der Waals surface area contributed by atoms with Crippen LogP contribution in [0, 0.1) is 13.8 Å². The predicted octanol–water partition coefficient (Wildman–Crippen LogP) is 3.55. The molecule has 0 radical (unpaired) electrons. The first-order valence-electron chi connectivity index (χ1n) is 7.55. The van der Waals surface area contributed by atoms with Gasteiger partial charge in [0.05, 0.1) is 11.3 Å². The Morgan fingerprint density at radius 2 is 2.00 bits per heavy atom. The van der Waals surface area contributed by atoms with E-state index < -0.39 is 0 Å². The van der Waals surface area contributed by atoms with Gasteiger partial charge in [-0.25, -0.2) is 0 Å². The van der Waals surface area contributed by atoms with E-state index in [-0.39, 0.29) is 5.91 Å². The van der Waals surface area contributed by atoms with Crippen LogP contribution < -0.4 is 0 Å². The molecule has 0 atom stereocenters. The fourth-order valence-electron chi connectivity index (χ4n) is 2.69. The molecule has 0 spiro atoms. The molecule has 5 heteroatoms. The lowest BCUT2D eigenvalue weighted by atomic mass is 10.1. The Hall–Kier alpha value is -1.75. The average molecular weight is 315 g/mol. The Morgan fingerprint density at radius 3 is 2.50 bits per heavy atom. The van der Waals surface area contributed by atoms with Crippen LogP contribution in [-0.4, -0.2) is 33.3 Å². The summed E-state index contributed by atoms with van der Waals surface area (Å²) in [6.45, 7) is 4.46. The van der Waals surface area contributed by atoms with Crippen molar-refractivity contribution >= 4 is 17.7 Å². The maximum atomic E-state index is 12.9. The van der Waals surface area contributed by atoms with E-state index in [0.29, 0.717) is 12.6 Å². The monoisotopic (exact) mass is 315 g/mol. The number of aromatic nitrogens is 2. The Kier molecular flexibility index (Phi) is 4.25. The first kappa shape index (κ1) is 15.2. The van der Waals surface area contributed by atoms with Gasteiger partial charge in [0.2, 0.25) is 0 Å². The van der Waals surface area contributed by atoms with E-state index >= 15 is 0 Å². The second-order valence-corrected chi connectivity index (χ2v) is 6.70. The van der Waals surface area contributed by atoms with Gasteiger partial charge in [-0.2, -0.15) is 5.10 Å². The first-order chi connectivity index (χ1) is 10.6. The molecule has 3 rings (SSSR count). The molecule has 1 aliphatic rings. The minimum absolute atomic E-state index is 0.0974. The fourth-order valence-corrected chi connectivity index (χ4v) is 3.10. The van der Waals surface area contributed by atoms with Gasteiger partial charge in [0.1, 0.15) is 0 Å². The van der Waals surface area contributed by atoms with Crippen molar-refractivity contribution in [2.24, 2.45) is 0 Å². The summed E-state index contributed by atoms with van der Waals surface area (Å²) in [5, 5.41) is 7.06. The van der Waals surface area contributed by atoms with E-state index in [4.69, 9.17) is 0 Å². The number of nitrogens with zero attached hydrogens (tertiary/aromatic N) is 2. The maximum Gasteiger partial charge on any atom is 0.258 e. The number of nitrogens with one attached hydrogen (secondary N) is 1. The molecule has 0 bridgehead atoms. The summed E-state index contributed by atoms with van der Waals surface area (Å²) in [5.74, 6) is 0.0974. The quantitative estimate of drug-likeness (QED) is 0.858. The topological polar surface area (TPSA) is 49.0 Å². The molecule has 116 valence electrons.